The predicted molar refractivity (Wildman–Crippen MR) is 43.0 cm³/mol. The van der Waals surface area contributed by atoms with Gasteiger partial charge in [0, 0.05) is 0 Å². The molecule has 0 aromatic carbocycles. The van der Waals surface area contributed by atoms with Gasteiger partial charge in [-0.25, -0.2) is 17.9 Å². The molecule has 0 fully saturated rings. The number of hydrogen-bond acceptors (Lipinski definition) is 3. The maximum atomic E-state index is 12.8. The molecular weight excluding hydrogens is 281 g/mol. The minimum Gasteiger partial charge on any atom is -0.302 e. The fraction of sp³-hybridized carbons (Fsp3) is 0.667. The van der Waals surface area contributed by atoms with Crippen molar-refractivity contribution in [3.63, 3.8) is 0 Å². The lowest BCUT2D eigenvalue weighted by atomic mass is 10.3. The van der Waals surface area contributed by atoms with Gasteiger partial charge in [0.15, 0.2) is 0 Å². The highest BCUT2D eigenvalue weighted by molar-refractivity contribution is 7.47. The van der Waals surface area contributed by atoms with Crippen molar-refractivity contribution in [2.45, 2.75) is 18.5 Å². The Balaban J connectivity index is 5.02. The van der Waals surface area contributed by atoms with Crippen molar-refractivity contribution in [2.75, 3.05) is 6.61 Å². The van der Waals surface area contributed by atoms with Crippen LogP contribution in [0.5, 0.6) is 0 Å². The summed E-state index contributed by atoms with van der Waals surface area (Å²) in [7, 11) is -5.63. The van der Waals surface area contributed by atoms with Gasteiger partial charge in [0.05, 0.1) is 6.61 Å². The molecule has 2 atom stereocenters. The number of alkyl halides is 6. The fourth-order valence-corrected chi connectivity index (χ4v) is 1.42. The Morgan fingerprint density at radius 3 is 2.12 bits per heavy atom. The Hall–Kier alpha value is -0.570. The van der Waals surface area contributed by atoms with Crippen molar-refractivity contribution in [3.05, 3.63) is 12.7 Å². The van der Waals surface area contributed by atoms with Gasteiger partial charge in [0.2, 0.25) is 0 Å². The molecule has 0 spiro atoms. The van der Waals surface area contributed by atoms with Crippen molar-refractivity contribution in [3.8, 4) is 0 Å². The number of halogens is 6. The monoisotopic (exact) mass is 288 g/mol. The molecule has 0 rings (SSSR count). The SMILES string of the molecule is C=CCOP(=O)(O)OC(F)(C(F)F)C(F)(F)F. The third-order valence-corrected chi connectivity index (χ3v) is 2.24. The summed E-state index contributed by atoms with van der Waals surface area (Å²) in [5, 5.41) is 0. The summed E-state index contributed by atoms with van der Waals surface area (Å²) in [6.07, 6.45) is -10.1. The molecule has 1 N–H and O–H groups in total. The molecule has 0 saturated heterocycles. The molecule has 2 unspecified atom stereocenters. The van der Waals surface area contributed by atoms with Gasteiger partial charge in [-0.3, -0.25) is 4.52 Å². The lowest BCUT2D eigenvalue weighted by Crippen LogP contribution is -2.49. The summed E-state index contributed by atoms with van der Waals surface area (Å²) >= 11 is 0. The van der Waals surface area contributed by atoms with Crippen LogP contribution in [-0.2, 0) is 13.6 Å². The molecule has 0 heterocycles. The van der Waals surface area contributed by atoms with E-state index in [1.54, 1.807) is 0 Å². The highest BCUT2D eigenvalue weighted by Crippen LogP contribution is 2.54. The van der Waals surface area contributed by atoms with Gasteiger partial charge in [0.25, 0.3) is 0 Å². The summed E-state index contributed by atoms with van der Waals surface area (Å²) in [5.74, 6) is -5.58. The van der Waals surface area contributed by atoms with Crippen LogP contribution in [0.3, 0.4) is 0 Å². The first-order valence-electron chi connectivity index (χ1n) is 3.79. The standard InChI is InChI=1S/C6H7F6O4P/c1-2-3-15-17(13,14)16-5(9,4(7)8)6(10,11)12/h2,4H,1,3H2,(H,13,14). The van der Waals surface area contributed by atoms with Gasteiger partial charge < -0.3 is 4.89 Å². The Kier molecular flexibility index (Phi) is 5.20. The molecule has 0 aromatic heterocycles. The number of rotatable bonds is 6. The predicted octanol–water partition coefficient (Wildman–Crippen LogP) is 2.80. The highest BCUT2D eigenvalue weighted by atomic mass is 31.2. The van der Waals surface area contributed by atoms with Gasteiger partial charge in [-0.15, -0.1) is 6.58 Å². The lowest BCUT2D eigenvalue weighted by molar-refractivity contribution is -0.344. The Morgan fingerprint density at radius 1 is 1.35 bits per heavy atom. The first-order chi connectivity index (χ1) is 7.46. The van der Waals surface area contributed by atoms with Crippen LogP contribution in [0, 0.1) is 0 Å². The first kappa shape index (κ1) is 16.4. The Bertz CT molecular complexity index is 318. The molecule has 0 amide bonds. The van der Waals surface area contributed by atoms with Crippen LogP contribution < -0.4 is 0 Å². The van der Waals surface area contributed by atoms with Crippen LogP contribution >= 0.6 is 7.82 Å². The molecule has 102 valence electrons. The molecule has 0 aromatic rings. The number of hydrogen-bond donors (Lipinski definition) is 1. The molecule has 0 saturated carbocycles. The van der Waals surface area contributed by atoms with E-state index in [0.717, 1.165) is 6.08 Å². The zero-order valence-corrected chi connectivity index (χ0v) is 8.85. The van der Waals surface area contributed by atoms with Crippen LogP contribution in [0.4, 0.5) is 26.3 Å². The maximum absolute atomic E-state index is 12.8. The van der Waals surface area contributed by atoms with E-state index >= 15 is 0 Å². The van der Waals surface area contributed by atoms with Crippen molar-refractivity contribution < 1.29 is 44.8 Å². The highest BCUT2D eigenvalue weighted by Gasteiger charge is 2.67. The van der Waals surface area contributed by atoms with E-state index in [4.69, 9.17) is 4.89 Å². The van der Waals surface area contributed by atoms with E-state index in [1.165, 1.54) is 0 Å². The van der Waals surface area contributed by atoms with Crippen molar-refractivity contribution >= 4 is 7.82 Å². The minimum atomic E-state index is -6.20. The van der Waals surface area contributed by atoms with E-state index in [2.05, 4.69) is 15.6 Å². The van der Waals surface area contributed by atoms with Crippen LogP contribution in [0.2, 0.25) is 0 Å². The van der Waals surface area contributed by atoms with Crippen molar-refractivity contribution in [1.82, 2.24) is 0 Å². The quantitative estimate of drug-likeness (QED) is 0.464. The van der Waals surface area contributed by atoms with Crippen LogP contribution in [0.15, 0.2) is 12.7 Å². The average molecular weight is 288 g/mol. The second kappa shape index (κ2) is 5.38. The van der Waals surface area contributed by atoms with Crippen LogP contribution in [0.1, 0.15) is 0 Å². The third-order valence-electron chi connectivity index (χ3n) is 1.27. The van der Waals surface area contributed by atoms with Gasteiger partial charge in [-0.1, -0.05) is 6.08 Å². The topological polar surface area (TPSA) is 55.8 Å². The third kappa shape index (κ3) is 4.30. The van der Waals surface area contributed by atoms with E-state index in [9.17, 15) is 30.9 Å². The smallest absolute Gasteiger partial charge is 0.302 e. The second-order valence-electron chi connectivity index (χ2n) is 2.59. The molecule has 0 aliphatic rings. The molecule has 0 bridgehead atoms. The molecular formula is C6H7F6O4P. The van der Waals surface area contributed by atoms with Crippen LogP contribution in [0.25, 0.3) is 0 Å². The average Bonchev–Trinajstić information content (AvgIpc) is 2.12. The van der Waals surface area contributed by atoms with Crippen LogP contribution in [-0.4, -0.2) is 30.0 Å². The molecule has 4 nitrogen and oxygen atoms in total. The van der Waals surface area contributed by atoms with Gasteiger partial charge in [0.1, 0.15) is 0 Å². The van der Waals surface area contributed by atoms with Gasteiger partial charge >= 0.3 is 26.3 Å². The van der Waals surface area contributed by atoms with Crippen molar-refractivity contribution in [2.24, 2.45) is 0 Å². The molecule has 11 heteroatoms. The summed E-state index contributed by atoms with van der Waals surface area (Å²) in [6, 6.07) is 0. The maximum Gasteiger partial charge on any atom is 0.475 e. The van der Waals surface area contributed by atoms with E-state index < -0.39 is 32.9 Å². The number of phosphoric acid groups is 1. The minimum absolute atomic E-state index is 0.787. The summed E-state index contributed by atoms with van der Waals surface area (Å²) in [5.41, 5.74) is 0. The Labute approximate surface area is 91.4 Å². The van der Waals surface area contributed by atoms with Crippen molar-refractivity contribution in [1.29, 1.82) is 0 Å². The van der Waals surface area contributed by atoms with E-state index in [-0.39, 0.29) is 0 Å². The zero-order chi connectivity index (χ0) is 13.9. The van der Waals surface area contributed by atoms with E-state index in [1.807, 2.05) is 0 Å². The van der Waals surface area contributed by atoms with Gasteiger partial charge in [-0.05, 0) is 0 Å². The van der Waals surface area contributed by atoms with Gasteiger partial charge in [-0.2, -0.15) is 17.6 Å². The summed E-state index contributed by atoms with van der Waals surface area (Å²) < 4.78 is 89.7. The first-order valence-corrected chi connectivity index (χ1v) is 5.28. The molecule has 17 heavy (non-hydrogen) atoms. The second-order valence-corrected chi connectivity index (χ2v) is 3.97. The van der Waals surface area contributed by atoms with E-state index in [0.29, 0.717) is 0 Å². The lowest BCUT2D eigenvalue weighted by Gasteiger charge is -2.27. The fourth-order valence-electron chi connectivity index (χ4n) is 0.556. The summed E-state index contributed by atoms with van der Waals surface area (Å²) in [4.78, 5) is 8.58. The zero-order valence-electron chi connectivity index (χ0n) is 7.96. The Morgan fingerprint density at radius 2 is 1.82 bits per heavy atom. The molecule has 0 radical (unpaired) electrons. The summed E-state index contributed by atoms with van der Waals surface area (Å²) in [6.45, 7) is 2.18. The largest absolute Gasteiger partial charge is 0.475 e. The number of phosphoric ester groups is 1. The molecule has 0 aliphatic heterocycles. The normalized spacial score (nSPS) is 19.8. The molecule has 0 aliphatic carbocycles.